The van der Waals surface area contributed by atoms with Crippen molar-refractivity contribution >= 4 is 17.4 Å². The molecule has 2 aromatic carbocycles. The fourth-order valence-electron chi connectivity index (χ4n) is 2.02. The van der Waals surface area contributed by atoms with Gasteiger partial charge in [0.25, 0.3) is 5.91 Å². The van der Waals surface area contributed by atoms with Gasteiger partial charge in [0.1, 0.15) is 5.75 Å². The second-order valence-corrected chi connectivity index (χ2v) is 5.24. The molecule has 0 bridgehead atoms. The summed E-state index contributed by atoms with van der Waals surface area (Å²) in [6, 6.07) is 12.7. The van der Waals surface area contributed by atoms with Gasteiger partial charge in [-0.05, 0) is 50.1 Å². The highest BCUT2D eigenvalue weighted by Crippen LogP contribution is 2.19. The molecule has 0 aliphatic rings. The smallest absolute Gasteiger partial charge is 0.262 e. The van der Waals surface area contributed by atoms with E-state index in [0.717, 1.165) is 11.1 Å². The van der Waals surface area contributed by atoms with Crippen molar-refractivity contribution in [2.75, 3.05) is 11.9 Å². The van der Waals surface area contributed by atoms with Crippen LogP contribution in [0.1, 0.15) is 28.4 Å². The normalized spacial score (nSPS) is 10.1. The predicted octanol–water partition coefficient (Wildman–Crippen LogP) is 3.52. The Bertz CT molecular complexity index is 707. The summed E-state index contributed by atoms with van der Waals surface area (Å²) in [6.45, 7) is 5.32. The van der Waals surface area contributed by atoms with Crippen LogP contribution in [-0.2, 0) is 4.79 Å². The van der Waals surface area contributed by atoms with E-state index in [1.165, 1.54) is 6.92 Å². The van der Waals surface area contributed by atoms with E-state index < -0.39 is 0 Å². The summed E-state index contributed by atoms with van der Waals surface area (Å²) < 4.78 is 5.55. The van der Waals surface area contributed by atoms with Crippen molar-refractivity contribution in [1.82, 2.24) is 0 Å². The van der Waals surface area contributed by atoms with Crippen LogP contribution in [0.3, 0.4) is 0 Å². The van der Waals surface area contributed by atoms with Crippen molar-refractivity contribution in [3.63, 3.8) is 0 Å². The molecule has 1 N–H and O–H groups in total. The number of ketones is 1. The van der Waals surface area contributed by atoms with E-state index in [-0.39, 0.29) is 18.3 Å². The molecule has 0 spiro atoms. The van der Waals surface area contributed by atoms with Crippen molar-refractivity contribution in [2.45, 2.75) is 20.8 Å². The van der Waals surface area contributed by atoms with Crippen molar-refractivity contribution in [3.05, 3.63) is 59.2 Å². The summed E-state index contributed by atoms with van der Waals surface area (Å²) in [5.74, 6) is 0.400. The number of benzene rings is 2. The molecule has 22 heavy (non-hydrogen) atoms. The van der Waals surface area contributed by atoms with Gasteiger partial charge in [0.15, 0.2) is 12.4 Å². The first-order valence-electron chi connectivity index (χ1n) is 7.06. The van der Waals surface area contributed by atoms with E-state index in [1.807, 2.05) is 32.0 Å². The minimum Gasteiger partial charge on any atom is -0.483 e. The number of carbonyl (C=O) groups is 2. The largest absolute Gasteiger partial charge is 0.483 e. The highest BCUT2D eigenvalue weighted by Gasteiger charge is 2.07. The van der Waals surface area contributed by atoms with E-state index >= 15 is 0 Å². The van der Waals surface area contributed by atoms with Crippen LogP contribution in [-0.4, -0.2) is 18.3 Å². The van der Waals surface area contributed by atoms with Crippen LogP contribution >= 0.6 is 0 Å². The molecule has 4 nitrogen and oxygen atoms in total. The molecule has 2 aromatic rings. The van der Waals surface area contributed by atoms with E-state index in [0.29, 0.717) is 17.0 Å². The number of anilines is 1. The predicted molar refractivity (Wildman–Crippen MR) is 86.5 cm³/mol. The zero-order chi connectivity index (χ0) is 16.1. The van der Waals surface area contributed by atoms with E-state index in [2.05, 4.69) is 5.32 Å². The molecule has 0 saturated heterocycles. The van der Waals surface area contributed by atoms with Crippen LogP contribution in [0, 0.1) is 13.8 Å². The van der Waals surface area contributed by atoms with Crippen LogP contribution < -0.4 is 10.1 Å². The lowest BCUT2D eigenvalue weighted by Gasteiger charge is -2.10. The molecule has 0 saturated carbocycles. The molecule has 0 aromatic heterocycles. The third kappa shape index (κ3) is 4.19. The summed E-state index contributed by atoms with van der Waals surface area (Å²) in [6.07, 6.45) is 0. The van der Waals surface area contributed by atoms with Crippen LogP contribution in [0.4, 0.5) is 5.69 Å². The number of ether oxygens (including phenoxy) is 1. The van der Waals surface area contributed by atoms with Crippen LogP contribution in [0.15, 0.2) is 42.5 Å². The van der Waals surface area contributed by atoms with Crippen LogP contribution in [0.25, 0.3) is 0 Å². The molecule has 2 rings (SSSR count). The molecular formula is C18H19NO3. The number of nitrogens with one attached hydrogen (secondary N) is 1. The highest BCUT2D eigenvalue weighted by molar-refractivity contribution is 5.97. The first-order chi connectivity index (χ1) is 10.5. The van der Waals surface area contributed by atoms with Gasteiger partial charge in [0.2, 0.25) is 0 Å². The van der Waals surface area contributed by atoms with Crippen molar-refractivity contribution in [2.24, 2.45) is 0 Å². The Kier molecular flexibility index (Phi) is 4.94. The first kappa shape index (κ1) is 15.8. The number of aryl methyl sites for hydroxylation is 2. The Morgan fingerprint density at radius 1 is 1.09 bits per heavy atom. The number of carbonyl (C=O) groups excluding carboxylic acids is 2. The van der Waals surface area contributed by atoms with Gasteiger partial charge in [-0.2, -0.15) is 0 Å². The zero-order valence-electron chi connectivity index (χ0n) is 13.0. The lowest BCUT2D eigenvalue weighted by atomic mass is 10.1. The molecule has 114 valence electrons. The maximum atomic E-state index is 11.9. The average Bonchev–Trinajstić information content (AvgIpc) is 2.48. The van der Waals surface area contributed by atoms with Crippen LogP contribution in [0.2, 0.25) is 0 Å². The highest BCUT2D eigenvalue weighted by atomic mass is 16.5. The standard InChI is InChI=1S/C18H19NO3/c1-12-7-8-13(2)17(9-12)22-11-18(21)19-16-6-4-5-15(10-16)14(3)20/h4-10H,11H2,1-3H3,(H,19,21). The number of hydrogen-bond acceptors (Lipinski definition) is 3. The molecule has 4 heteroatoms. The molecule has 0 aliphatic heterocycles. The maximum Gasteiger partial charge on any atom is 0.262 e. The van der Waals surface area contributed by atoms with E-state index in [9.17, 15) is 9.59 Å². The number of hydrogen-bond donors (Lipinski definition) is 1. The van der Waals surface area contributed by atoms with Gasteiger partial charge in [-0.15, -0.1) is 0 Å². The number of amides is 1. The summed E-state index contributed by atoms with van der Waals surface area (Å²) in [5.41, 5.74) is 3.21. The summed E-state index contributed by atoms with van der Waals surface area (Å²) in [5, 5.41) is 2.73. The zero-order valence-corrected chi connectivity index (χ0v) is 13.0. The maximum absolute atomic E-state index is 11.9. The minimum atomic E-state index is -0.262. The van der Waals surface area contributed by atoms with E-state index in [4.69, 9.17) is 4.74 Å². The summed E-state index contributed by atoms with van der Waals surface area (Å²) >= 11 is 0. The molecular weight excluding hydrogens is 278 g/mol. The minimum absolute atomic E-state index is 0.0391. The fourth-order valence-corrected chi connectivity index (χ4v) is 2.02. The lowest BCUT2D eigenvalue weighted by Crippen LogP contribution is -2.20. The second-order valence-electron chi connectivity index (χ2n) is 5.24. The Labute approximate surface area is 130 Å². The quantitative estimate of drug-likeness (QED) is 0.859. The summed E-state index contributed by atoms with van der Waals surface area (Å²) in [7, 11) is 0. The Morgan fingerprint density at radius 3 is 2.59 bits per heavy atom. The van der Waals surface area contributed by atoms with Gasteiger partial charge >= 0.3 is 0 Å². The van der Waals surface area contributed by atoms with Gasteiger partial charge in [-0.3, -0.25) is 9.59 Å². The molecule has 1 amide bonds. The summed E-state index contributed by atoms with van der Waals surface area (Å²) in [4.78, 5) is 23.3. The second kappa shape index (κ2) is 6.89. The molecule has 0 radical (unpaired) electrons. The molecule has 0 unspecified atom stereocenters. The van der Waals surface area contributed by atoms with Gasteiger partial charge in [0.05, 0.1) is 0 Å². The van der Waals surface area contributed by atoms with Crippen LogP contribution in [0.5, 0.6) is 5.75 Å². The topological polar surface area (TPSA) is 55.4 Å². The Balaban J connectivity index is 1.97. The fraction of sp³-hybridized carbons (Fsp3) is 0.222. The van der Waals surface area contributed by atoms with Gasteiger partial charge in [-0.25, -0.2) is 0 Å². The van der Waals surface area contributed by atoms with Gasteiger partial charge in [0, 0.05) is 11.3 Å². The average molecular weight is 297 g/mol. The first-order valence-corrected chi connectivity index (χ1v) is 7.06. The molecule has 0 heterocycles. The van der Waals surface area contributed by atoms with E-state index in [1.54, 1.807) is 24.3 Å². The number of rotatable bonds is 5. The SMILES string of the molecule is CC(=O)c1cccc(NC(=O)COc2cc(C)ccc2C)c1. The number of Topliss-reactive ketones (excluding diaryl/α,β-unsaturated/α-hetero) is 1. The molecule has 0 atom stereocenters. The third-order valence-electron chi connectivity index (χ3n) is 3.26. The van der Waals surface area contributed by atoms with Gasteiger partial charge in [-0.1, -0.05) is 24.3 Å². The molecule has 0 aliphatic carbocycles. The van der Waals surface area contributed by atoms with Crippen molar-refractivity contribution < 1.29 is 14.3 Å². The van der Waals surface area contributed by atoms with Crippen molar-refractivity contribution in [3.8, 4) is 5.75 Å². The van der Waals surface area contributed by atoms with Gasteiger partial charge < -0.3 is 10.1 Å². The Morgan fingerprint density at radius 2 is 1.86 bits per heavy atom. The monoisotopic (exact) mass is 297 g/mol. The molecule has 0 fully saturated rings. The third-order valence-corrected chi connectivity index (χ3v) is 3.26. The van der Waals surface area contributed by atoms with Crippen molar-refractivity contribution in [1.29, 1.82) is 0 Å². The Hall–Kier alpha value is -2.62. The lowest BCUT2D eigenvalue weighted by molar-refractivity contribution is -0.118.